The lowest BCUT2D eigenvalue weighted by Crippen LogP contribution is -2.50. The molecule has 2 aromatic carbocycles. The van der Waals surface area contributed by atoms with Gasteiger partial charge < -0.3 is 5.32 Å². The SMILES string of the molecule is Cc1cc(Br)ccc1NC(=O)CN1CCN(S(=O)(=O)c2cccc([N+](=O)[O-])c2)CC1. The third-order valence-corrected chi connectivity index (χ3v) is 7.22. The molecular weight excluding hydrogens is 476 g/mol. The lowest BCUT2D eigenvalue weighted by Gasteiger charge is -2.33. The molecule has 0 atom stereocenters. The molecule has 0 aliphatic carbocycles. The molecule has 0 radical (unpaired) electrons. The summed E-state index contributed by atoms with van der Waals surface area (Å²) in [5.74, 6) is -0.171. The zero-order chi connectivity index (χ0) is 21.9. The second-order valence-corrected chi connectivity index (χ2v) is 9.80. The van der Waals surface area contributed by atoms with Crippen LogP contribution in [-0.4, -0.2) is 61.2 Å². The van der Waals surface area contributed by atoms with E-state index < -0.39 is 14.9 Å². The normalized spacial score (nSPS) is 15.7. The van der Waals surface area contributed by atoms with Crippen molar-refractivity contribution in [3.63, 3.8) is 0 Å². The van der Waals surface area contributed by atoms with Gasteiger partial charge in [-0.1, -0.05) is 22.0 Å². The molecule has 30 heavy (non-hydrogen) atoms. The van der Waals surface area contributed by atoms with Gasteiger partial charge in [0, 0.05) is 48.5 Å². The number of benzene rings is 2. The Morgan fingerprint density at radius 3 is 2.50 bits per heavy atom. The average Bonchev–Trinajstić information content (AvgIpc) is 2.70. The molecule has 0 unspecified atom stereocenters. The second-order valence-electron chi connectivity index (χ2n) is 6.94. The minimum Gasteiger partial charge on any atom is -0.325 e. The predicted octanol–water partition coefficient (Wildman–Crippen LogP) is 2.61. The van der Waals surface area contributed by atoms with E-state index in [1.165, 1.54) is 22.5 Å². The number of nitro benzene ring substituents is 1. The number of hydrogen-bond donors (Lipinski definition) is 1. The summed E-state index contributed by atoms with van der Waals surface area (Å²) in [4.78, 5) is 24.4. The number of anilines is 1. The third-order valence-electron chi connectivity index (χ3n) is 4.83. The molecule has 160 valence electrons. The van der Waals surface area contributed by atoms with E-state index in [9.17, 15) is 23.3 Å². The smallest absolute Gasteiger partial charge is 0.270 e. The van der Waals surface area contributed by atoms with E-state index in [-0.39, 0.29) is 36.1 Å². The van der Waals surface area contributed by atoms with Crippen LogP contribution in [0.4, 0.5) is 11.4 Å². The van der Waals surface area contributed by atoms with Crippen molar-refractivity contribution < 1.29 is 18.1 Å². The summed E-state index contributed by atoms with van der Waals surface area (Å²) in [7, 11) is -3.83. The Hall–Kier alpha value is -2.34. The number of carbonyl (C=O) groups excluding carboxylic acids is 1. The number of amides is 1. The van der Waals surface area contributed by atoms with Crippen molar-refractivity contribution >= 4 is 43.2 Å². The topological polar surface area (TPSA) is 113 Å². The molecule has 3 rings (SSSR count). The molecule has 1 aliphatic heterocycles. The average molecular weight is 497 g/mol. The van der Waals surface area contributed by atoms with E-state index in [1.54, 1.807) is 0 Å². The highest BCUT2D eigenvalue weighted by Crippen LogP contribution is 2.22. The van der Waals surface area contributed by atoms with E-state index in [2.05, 4.69) is 21.2 Å². The number of sulfonamides is 1. The fourth-order valence-electron chi connectivity index (χ4n) is 3.19. The zero-order valence-corrected chi connectivity index (χ0v) is 18.6. The van der Waals surface area contributed by atoms with Gasteiger partial charge in [0.15, 0.2) is 0 Å². The Morgan fingerprint density at radius 1 is 1.17 bits per heavy atom. The van der Waals surface area contributed by atoms with Gasteiger partial charge in [-0.15, -0.1) is 0 Å². The summed E-state index contributed by atoms with van der Waals surface area (Å²) < 4.78 is 27.8. The van der Waals surface area contributed by atoms with Gasteiger partial charge in [0.05, 0.1) is 16.4 Å². The van der Waals surface area contributed by atoms with Crippen molar-refractivity contribution in [3.8, 4) is 0 Å². The van der Waals surface area contributed by atoms with Crippen LogP contribution in [0.5, 0.6) is 0 Å². The fraction of sp³-hybridized carbons (Fsp3) is 0.316. The van der Waals surface area contributed by atoms with Crippen LogP contribution in [0.25, 0.3) is 0 Å². The Bertz CT molecular complexity index is 1070. The maximum absolute atomic E-state index is 12.8. The molecule has 1 amide bonds. The lowest BCUT2D eigenvalue weighted by molar-refractivity contribution is -0.385. The monoisotopic (exact) mass is 496 g/mol. The zero-order valence-electron chi connectivity index (χ0n) is 16.2. The van der Waals surface area contributed by atoms with Crippen LogP contribution in [0, 0.1) is 17.0 Å². The molecule has 1 fully saturated rings. The van der Waals surface area contributed by atoms with Crippen LogP contribution >= 0.6 is 15.9 Å². The van der Waals surface area contributed by atoms with Gasteiger partial charge in [-0.25, -0.2) is 8.42 Å². The van der Waals surface area contributed by atoms with E-state index in [1.807, 2.05) is 30.0 Å². The standard InChI is InChI=1S/C19H21BrN4O5S/c1-14-11-15(20)5-6-18(14)21-19(25)13-22-7-9-23(10-8-22)30(28,29)17-4-2-3-16(12-17)24(26)27/h2-6,11-12H,7-10,13H2,1H3,(H,21,25). The number of halogens is 1. The molecule has 11 heteroatoms. The largest absolute Gasteiger partial charge is 0.325 e. The van der Waals surface area contributed by atoms with Crippen LogP contribution in [0.15, 0.2) is 51.8 Å². The number of carbonyl (C=O) groups is 1. The van der Waals surface area contributed by atoms with E-state index in [0.29, 0.717) is 13.1 Å². The summed E-state index contributed by atoms with van der Waals surface area (Å²) in [6.07, 6.45) is 0. The third kappa shape index (κ3) is 5.22. The van der Waals surface area contributed by atoms with Crippen molar-refractivity contribution in [2.75, 3.05) is 38.0 Å². The molecule has 0 spiro atoms. The van der Waals surface area contributed by atoms with Gasteiger partial charge in [0.2, 0.25) is 15.9 Å². The Morgan fingerprint density at radius 2 is 1.87 bits per heavy atom. The van der Waals surface area contributed by atoms with Gasteiger partial charge in [-0.2, -0.15) is 4.31 Å². The molecule has 0 aromatic heterocycles. The van der Waals surface area contributed by atoms with Gasteiger partial charge in [0.1, 0.15) is 0 Å². The number of rotatable bonds is 6. The van der Waals surface area contributed by atoms with Gasteiger partial charge in [-0.05, 0) is 36.8 Å². The minimum absolute atomic E-state index is 0.103. The number of nitrogens with one attached hydrogen (secondary N) is 1. The molecule has 0 bridgehead atoms. The maximum Gasteiger partial charge on any atom is 0.270 e. The molecule has 1 saturated heterocycles. The number of piperazine rings is 1. The fourth-order valence-corrected chi connectivity index (χ4v) is 5.13. The number of non-ortho nitro benzene ring substituents is 1. The van der Waals surface area contributed by atoms with Crippen molar-refractivity contribution in [1.82, 2.24) is 9.21 Å². The summed E-state index contributed by atoms with van der Waals surface area (Å²) in [5, 5.41) is 13.8. The highest BCUT2D eigenvalue weighted by molar-refractivity contribution is 9.10. The van der Waals surface area contributed by atoms with E-state index in [0.717, 1.165) is 21.8 Å². The molecule has 9 nitrogen and oxygen atoms in total. The van der Waals surface area contributed by atoms with Crippen molar-refractivity contribution in [1.29, 1.82) is 0 Å². The van der Waals surface area contributed by atoms with Crippen LogP contribution in [0.3, 0.4) is 0 Å². The second kappa shape index (κ2) is 9.21. The Kier molecular flexibility index (Phi) is 6.86. The number of nitrogens with zero attached hydrogens (tertiary/aromatic N) is 3. The first kappa shape index (κ1) is 22.3. The molecule has 2 aromatic rings. The first-order valence-electron chi connectivity index (χ1n) is 9.20. The summed E-state index contributed by atoms with van der Waals surface area (Å²) >= 11 is 3.38. The Balaban J connectivity index is 1.58. The highest BCUT2D eigenvalue weighted by atomic mass is 79.9. The van der Waals surface area contributed by atoms with Crippen molar-refractivity contribution in [2.45, 2.75) is 11.8 Å². The van der Waals surface area contributed by atoms with Crippen LogP contribution < -0.4 is 5.32 Å². The first-order valence-corrected chi connectivity index (χ1v) is 11.4. The number of nitro groups is 1. The molecule has 0 saturated carbocycles. The van der Waals surface area contributed by atoms with Gasteiger partial charge >= 0.3 is 0 Å². The summed E-state index contributed by atoms with van der Waals surface area (Å²) in [6.45, 7) is 3.24. The van der Waals surface area contributed by atoms with Gasteiger partial charge in [-0.3, -0.25) is 19.8 Å². The number of hydrogen-bond acceptors (Lipinski definition) is 6. The van der Waals surface area contributed by atoms with E-state index >= 15 is 0 Å². The summed E-state index contributed by atoms with van der Waals surface area (Å²) in [5.41, 5.74) is 1.40. The quantitative estimate of drug-likeness (QED) is 0.485. The lowest BCUT2D eigenvalue weighted by atomic mass is 10.2. The number of aryl methyl sites for hydroxylation is 1. The van der Waals surface area contributed by atoms with Crippen LogP contribution in [0.2, 0.25) is 0 Å². The highest BCUT2D eigenvalue weighted by Gasteiger charge is 2.30. The van der Waals surface area contributed by atoms with Gasteiger partial charge in [0.25, 0.3) is 5.69 Å². The van der Waals surface area contributed by atoms with Crippen molar-refractivity contribution in [3.05, 3.63) is 62.6 Å². The first-order chi connectivity index (χ1) is 14.2. The maximum atomic E-state index is 12.8. The predicted molar refractivity (Wildman–Crippen MR) is 116 cm³/mol. The molecule has 1 aliphatic rings. The summed E-state index contributed by atoms with van der Waals surface area (Å²) in [6, 6.07) is 10.6. The molecule has 1 heterocycles. The molecule has 1 N–H and O–H groups in total. The van der Waals surface area contributed by atoms with Crippen LogP contribution in [-0.2, 0) is 14.8 Å². The van der Waals surface area contributed by atoms with Crippen LogP contribution in [0.1, 0.15) is 5.56 Å². The van der Waals surface area contributed by atoms with E-state index in [4.69, 9.17) is 0 Å². The van der Waals surface area contributed by atoms with Crippen molar-refractivity contribution in [2.24, 2.45) is 0 Å². The Labute approximate surface area is 183 Å². The minimum atomic E-state index is -3.83. The molecular formula is C19H21BrN4O5S.